The Kier molecular flexibility index (Phi) is 6.54. The predicted molar refractivity (Wildman–Crippen MR) is 117 cm³/mol. The zero-order valence-corrected chi connectivity index (χ0v) is 19.3. The lowest BCUT2D eigenvalue weighted by atomic mass is 10.1. The van der Waals surface area contributed by atoms with Gasteiger partial charge in [-0.25, -0.2) is 13.4 Å². The van der Waals surface area contributed by atoms with Crippen molar-refractivity contribution in [3.05, 3.63) is 58.3 Å². The first-order valence-corrected chi connectivity index (χ1v) is 12.5. The fourth-order valence-electron chi connectivity index (χ4n) is 3.56. The molecule has 1 fully saturated rings. The van der Waals surface area contributed by atoms with E-state index in [1.54, 1.807) is 0 Å². The molecule has 13 heteroatoms. The van der Waals surface area contributed by atoms with Gasteiger partial charge in [0.15, 0.2) is 0 Å². The van der Waals surface area contributed by atoms with Crippen molar-refractivity contribution in [1.29, 1.82) is 0 Å². The van der Waals surface area contributed by atoms with Gasteiger partial charge in [0, 0.05) is 18.3 Å². The summed E-state index contributed by atoms with van der Waals surface area (Å²) >= 11 is 6.79. The molecule has 0 spiro atoms. The maximum absolute atomic E-state index is 12.9. The van der Waals surface area contributed by atoms with Gasteiger partial charge in [-0.2, -0.15) is 17.5 Å². The van der Waals surface area contributed by atoms with Gasteiger partial charge in [0.05, 0.1) is 22.1 Å². The van der Waals surface area contributed by atoms with Gasteiger partial charge in [0.2, 0.25) is 5.91 Å². The highest BCUT2D eigenvalue weighted by Crippen LogP contribution is 2.33. The third kappa shape index (κ3) is 5.08. The van der Waals surface area contributed by atoms with Crippen LogP contribution in [0.4, 0.5) is 13.2 Å². The number of nitrogens with one attached hydrogen (secondary N) is 2. The number of aromatic nitrogens is 2. The van der Waals surface area contributed by atoms with Crippen LogP contribution in [0.25, 0.3) is 11.3 Å². The third-order valence-electron chi connectivity index (χ3n) is 5.19. The Hall–Kier alpha value is -2.41. The largest absolute Gasteiger partial charge is 0.416 e. The number of H-pyrrole nitrogens is 1. The molecule has 0 radical (unpaired) electrons. The highest BCUT2D eigenvalue weighted by molar-refractivity contribution is 7.91. The Morgan fingerprint density at radius 1 is 1.24 bits per heavy atom. The number of sulfonamides is 1. The van der Waals surface area contributed by atoms with Gasteiger partial charge in [-0.05, 0) is 37.1 Å². The molecule has 3 aromatic rings. The second kappa shape index (κ2) is 9.09. The van der Waals surface area contributed by atoms with E-state index in [0.29, 0.717) is 34.3 Å². The maximum atomic E-state index is 12.9. The van der Waals surface area contributed by atoms with Gasteiger partial charge < -0.3 is 10.3 Å². The normalized spacial score (nSPS) is 17.4. The molecule has 176 valence electrons. The molecular weight excluding hydrogens is 501 g/mol. The number of hydrogen-bond acceptors (Lipinski definition) is 5. The molecule has 1 aromatic carbocycles. The first-order valence-electron chi connectivity index (χ1n) is 9.82. The summed E-state index contributed by atoms with van der Waals surface area (Å²) in [6, 6.07) is 6.65. The summed E-state index contributed by atoms with van der Waals surface area (Å²) in [6.45, 7) is 0.240. The van der Waals surface area contributed by atoms with E-state index < -0.39 is 33.7 Å². The molecule has 0 aliphatic carbocycles. The zero-order valence-electron chi connectivity index (χ0n) is 16.9. The fourth-order valence-corrected chi connectivity index (χ4v) is 6.83. The van der Waals surface area contributed by atoms with Gasteiger partial charge in [-0.3, -0.25) is 4.79 Å². The number of thiophene rings is 1. The van der Waals surface area contributed by atoms with Crippen molar-refractivity contribution < 1.29 is 26.4 Å². The molecule has 0 saturated carbocycles. The number of amides is 1. The molecule has 2 N–H and O–H groups in total. The van der Waals surface area contributed by atoms with Crippen LogP contribution in [0, 0.1) is 0 Å². The number of carbonyl (C=O) groups is 1. The molecule has 1 aliphatic heterocycles. The molecule has 0 bridgehead atoms. The minimum Gasteiger partial charge on any atom is -0.347 e. The number of halogens is 4. The molecule has 7 nitrogen and oxygen atoms in total. The molecule has 0 unspecified atom stereocenters. The van der Waals surface area contributed by atoms with E-state index >= 15 is 0 Å². The minimum atomic E-state index is -4.42. The van der Waals surface area contributed by atoms with Crippen molar-refractivity contribution >= 4 is 38.9 Å². The monoisotopic (exact) mass is 518 g/mol. The van der Waals surface area contributed by atoms with E-state index in [1.807, 2.05) is 0 Å². The van der Waals surface area contributed by atoms with Crippen molar-refractivity contribution in [3.8, 4) is 11.3 Å². The van der Waals surface area contributed by atoms with Gasteiger partial charge in [-0.1, -0.05) is 23.7 Å². The summed E-state index contributed by atoms with van der Waals surface area (Å²) in [7, 11) is -3.84. The number of hydrogen-bond donors (Lipinski definition) is 2. The lowest BCUT2D eigenvalue weighted by Crippen LogP contribution is -2.45. The Morgan fingerprint density at radius 3 is 2.61 bits per heavy atom. The number of alkyl halides is 3. The number of rotatable bonds is 6. The Balaban J connectivity index is 1.40. The fraction of sp³-hybridized carbons (Fsp3) is 0.300. The smallest absolute Gasteiger partial charge is 0.347 e. The lowest BCUT2D eigenvalue weighted by molar-refractivity contribution is -0.137. The van der Waals surface area contributed by atoms with Gasteiger partial charge in [-0.15, -0.1) is 11.3 Å². The van der Waals surface area contributed by atoms with Gasteiger partial charge in [0.1, 0.15) is 16.1 Å². The van der Waals surface area contributed by atoms with Gasteiger partial charge >= 0.3 is 6.18 Å². The summed E-state index contributed by atoms with van der Waals surface area (Å²) in [5, 5.41) is 2.68. The molecule has 2 aromatic heterocycles. The van der Waals surface area contributed by atoms with E-state index in [-0.39, 0.29) is 17.3 Å². The Morgan fingerprint density at radius 2 is 1.97 bits per heavy atom. The number of aromatic amines is 1. The van der Waals surface area contributed by atoms with Crippen LogP contribution < -0.4 is 5.32 Å². The summed E-state index contributed by atoms with van der Waals surface area (Å²) < 4.78 is 65.6. The third-order valence-corrected chi connectivity index (χ3v) is 8.79. The molecule has 33 heavy (non-hydrogen) atoms. The van der Waals surface area contributed by atoms with Crippen LogP contribution in [0.5, 0.6) is 0 Å². The van der Waals surface area contributed by atoms with Crippen LogP contribution in [-0.2, 0) is 27.5 Å². The molecular formula is C20H18ClF3N4O3S2. The average molecular weight is 519 g/mol. The number of nitrogens with zero attached hydrogens (tertiary/aromatic N) is 2. The van der Waals surface area contributed by atoms with Crippen LogP contribution >= 0.6 is 22.9 Å². The molecule has 4 rings (SSSR count). The van der Waals surface area contributed by atoms with E-state index in [0.717, 1.165) is 23.5 Å². The SMILES string of the molecule is O=C(NCc1nc(-c2ccc(C(F)(F)F)cc2)c[nH]1)[C@@H]1CCCN1S(=O)(=O)c1ccc(Cl)s1. The lowest BCUT2D eigenvalue weighted by Gasteiger charge is -2.22. The van der Waals surface area contributed by atoms with Crippen molar-refractivity contribution in [2.45, 2.75) is 35.8 Å². The molecule has 3 heterocycles. The average Bonchev–Trinajstić information content (AvgIpc) is 3.52. The topological polar surface area (TPSA) is 95.2 Å². The second-order valence-electron chi connectivity index (χ2n) is 7.36. The number of imidazole rings is 1. The summed E-state index contributed by atoms with van der Waals surface area (Å²) in [4.78, 5) is 19.9. The number of carbonyl (C=O) groups excluding carboxylic acids is 1. The van der Waals surface area contributed by atoms with Gasteiger partial charge in [0.25, 0.3) is 10.0 Å². The van der Waals surface area contributed by atoms with Crippen molar-refractivity contribution in [3.63, 3.8) is 0 Å². The highest BCUT2D eigenvalue weighted by Gasteiger charge is 2.40. The summed E-state index contributed by atoms with van der Waals surface area (Å²) in [6.07, 6.45) is -1.96. The van der Waals surface area contributed by atoms with Crippen LogP contribution in [0.1, 0.15) is 24.2 Å². The first-order chi connectivity index (χ1) is 15.6. The van der Waals surface area contributed by atoms with Crippen molar-refractivity contribution in [1.82, 2.24) is 19.6 Å². The van der Waals surface area contributed by atoms with Crippen LogP contribution in [0.15, 0.2) is 46.8 Å². The summed E-state index contributed by atoms with van der Waals surface area (Å²) in [5.74, 6) is -0.0677. The van der Waals surface area contributed by atoms with E-state index in [4.69, 9.17) is 11.6 Å². The van der Waals surface area contributed by atoms with E-state index in [2.05, 4.69) is 15.3 Å². The molecule has 1 saturated heterocycles. The molecule has 1 atom stereocenters. The highest BCUT2D eigenvalue weighted by atomic mass is 35.5. The zero-order chi connectivity index (χ0) is 23.8. The van der Waals surface area contributed by atoms with Crippen molar-refractivity contribution in [2.24, 2.45) is 0 Å². The minimum absolute atomic E-state index is 0.00862. The summed E-state index contributed by atoms with van der Waals surface area (Å²) in [5.41, 5.74) is 0.155. The number of benzene rings is 1. The molecule has 1 amide bonds. The quantitative estimate of drug-likeness (QED) is 0.509. The second-order valence-corrected chi connectivity index (χ2v) is 11.2. The Bertz CT molecular complexity index is 1260. The standard InChI is InChI=1S/C20H18ClF3N4O3S2/c21-16-7-8-18(32-16)33(30,31)28-9-1-2-15(28)19(29)26-11-17-25-10-14(27-17)12-3-5-13(6-4-12)20(22,23)24/h3-8,10,15H,1-2,9,11H2,(H,25,27)(H,26,29)/t15-/m0/s1. The van der Waals surface area contributed by atoms with Crippen LogP contribution in [0.3, 0.4) is 0 Å². The van der Waals surface area contributed by atoms with E-state index in [9.17, 15) is 26.4 Å². The van der Waals surface area contributed by atoms with E-state index in [1.165, 1.54) is 34.8 Å². The maximum Gasteiger partial charge on any atom is 0.416 e. The first kappa shape index (κ1) is 23.7. The molecule has 1 aliphatic rings. The van der Waals surface area contributed by atoms with Crippen LogP contribution in [-0.4, -0.2) is 41.2 Å². The predicted octanol–water partition coefficient (Wildman–Crippen LogP) is 4.28. The van der Waals surface area contributed by atoms with Crippen LogP contribution in [0.2, 0.25) is 4.34 Å². The van der Waals surface area contributed by atoms with Crippen molar-refractivity contribution in [2.75, 3.05) is 6.54 Å². The Labute approximate surface area is 196 Å².